The van der Waals surface area contributed by atoms with Crippen LogP contribution in [-0.2, 0) is 11.2 Å². The first-order chi connectivity index (χ1) is 15.7. The molecule has 33 heavy (non-hydrogen) atoms. The van der Waals surface area contributed by atoms with Crippen LogP contribution in [0.2, 0.25) is 0 Å². The first kappa shape index (κ1) is 23.0. The van der Waals surface area contributed by atoms with Crippen molar-refractivity contribution in [1.82, 2.24) is 9.88 Å². The smallest absolute Gasteiger partial charge is 0.406 e. The van der Waals surface area contributed by atoms with Gasteiger partial charge in [-0.3, -0.25) is 14.6 Å². The number of fused-ring (bicyclic) bond motifs is 1. The second kappa shape index (κ2) is 9.38. The number of halogens is 4. The van der Waals surface area contributed by atoms with Gasteiger partial charge in [-0.2, -0.15) is 0 Å². The van der Waals surface area contributed by atoms with Crippen LogP contribution in [0, 0.1) is 3.57 Å². The van der Waals surface area contributed by atoms with Crippen molar-refractivity contribution in [3.63, 3.8) is 0 Å². The quantitative estimate of drug-likeness (QED) is 0.443. The lowest BCUT2D eigenvalue weighted by atomic mass is 10.0. The van der Waals surface area contributed by atoms with E-state index in [0.29, 0.717) is 23.2 Å². The molecule has 0 aliphatic carbocycles. The van der Waals surface area contributed by atoms with E-state index in [4.69, 9.17) is 0 Å². The number of ether oxygens (including phenoxy) is 1. The SMILES string of the molecule is O=C1Nc2ccc(I)cc2C(=O)N(CCc2ccccn2)C1c1ccc(OC(F)(F)F)cc1. The van der Waals surface area contributed by atoms with Gasteiger partial charge >= 0.3 is 6.36 Å². The Labute approximate surface area is 200 Å². The molecule has 0 fully saturated rings. The number of alkyl halides is 3. The van der Waals surface area contributed by atoms with Gasteiger partial charge in [-0.25, -0.2) is 0 Å². The highest BCUT2D eigenvalue weighted by atomic mass is 127. The molecular weight excluding hydrogens is 550 g/mol. The van der Waals surface area contributed by atoms with Gasteiger partial charge in [-0.1, -0.05) is 18.2 Å². The highest BCUT2D eigenvalue weighted by molar-refractivity contribution is 14.1. The molecule has 1 atom stereocenters. The maximum Gasteiger partial charge on any atom is 0.573 e. The fourth-order valence-corrected chi connectivity index (χ4v) is 4.10. The Morgan fingerprint density at radius 2 is 1.82 bits per heavy atom. The molecule has 0 saturated heterocycles. The Morgan fingerprint density at radius 1 is 1.06 bits per heavy atom. The van der Waals surface area contributed by atoms with Crippen molar-refractivity contribution in [2.75, 3.05) is 11.9 Å². The molecule has 0 bridgehead atoms. The van der Waals surface area contributed by atoms with E-state index in [1.54, 1.807) is 30.5 Å². The molecule has 6 nitrogen and oxygen atoms in total. The molecule has 0 radical (unpaired) electrons. The topological polar surface area (TPSA) is 71.5 Å². The number of benzene rings is 2. The van der Waals surface area contributed by atoms with E-state index in [0.717, 1.165) is 21.4 Å². The highest BCUT2D eigenvalue weighted by Crippen LogP contribution is 2.33. The lowest BCUT2D eigenvalue weighted by Gasteiger charge is -2.29. The van der Waals surface area contributed by atoms with Gasteiger partial charge in [0.2, 0.25) is 0 Å². The van der Waals surface area contributed by atoms with Gasteiger partial charge in [0.05, 0.1) is 11.3 Å². The van der Waals surface area contributed by atoms with E-state index < -0.39 is 24.1 Å². The van der Waals surface area contributed by atoms with Gasteiger partial charge in [0.1, 0.15) is 11.8 Å². The number of rotatable bonds is 5. The zero-order chi connectivity index (χ0) is 23.6. The monoisotopic (exact) mass is 567 g/mol. The predicted molar refractivity (Wildman–Crippen MR) is 123 cm³/mol. The van der Waals surface area contributed by atoms with Gasteiger partial charge in [0.25, 0.3) is 11.8 Å². The van der Waals surface area contributed by atoms with Crippen molar-refractivity contribution in [2.24, 2.45) is 0 Å². The average Bonchev–Trinajstić information content (AvgIpc) is 2.87. The predicted octanol–water partition coefficient (Wildman–Crippen LogP) is 4.96. The molecule has 1 N–H and O–H groups in total. The molecule has 2 aromatic carbocycles. The summed E-state index contributed by atoms with van der Waals surface area (Å²) in [4.78, 5) is 32.4. The molecule has 10 heteroatoms. The van der Waals surface area contributed by atoms with Crippen LogP contribution in [0.25, 0.3) is 0 Å². The first-order valence-corrected chi connectivity index (χ1v) is 11.0. The van der Waals surface area contributed by atoms with Crippen LogP contribution in [0.15, 0.2) is 66.9 Å². The Hall–Kier alpha value is -3.15. The van der Waals surface area contributed by atoms with Crippen molar-refractivity contribution in [3.05, 3.63) is 87.3 Å². The molecule has 1 aliphatic heterocycles. The highest BCUT2D eigenvalue weighted by Gasteiger charge is 2.37. The minimum atomic E-state index is -4.83. The molecule has 1 aromatic heterocycles. The fraction of sp³-hybridized carbons (Fsp3) is 0.174. The van der Waals surface area contributed by atoms with Crippen LogP contribution in [0.4, 0.5) is 18.9 Å². The number of aromatic nitrogens is 1. The summed E-state index contributed by atoms with van der Waals surface area (Å²) >= 11 is 2.08. The summed E-state index contributed by atoms with van der Waals surface area (Å²) in [6, 6.07) is 14.4. The van der Waals surface area contributed by atoms with Gasteiger partial charge in [-0.05, 0) is 70.6 Å². The molecule has 3 aromatic rings. The number of hydrogen-bond donors (Lipinski definition) is 1. The summed E-state index contributed by atoms with van der Waals surface area (Å²) in [6.45, 7) is 0.180. The standard InChI is InChI=1S/C23H17F3IN3O3/c24-23(25,26)33-17-7-4-14(5-8-17)20-21(31)29-19-9-6-15(27)13-18(19)22(32)30(20)12-10-16-3-1-2-11-28-16/h1-9,11,13,20H,10,12H2,(H,29,31). The second-order valence-corrected chi connectivity index (χ2v) is 8.51. The van der Waals surface area contributed by atoms with E-state index in [-0.39, 0.29) is 12.5 Å². The maximum absolute atomic E-state index is 13.5. The Bertz CT molecular complexity index is 1170. The lowest BCUT2D eigenvalue weighted by Crippen LogP contribution is -2.40. The number of pyridine rings is 1. The van der Waals surface area contributed by atoms with E-state index in [1.807, 2.05) is 12.1 Å². The number of nitrogens with zero attached hydrogens (tertiary/aromatic N) is 2. The molecule has 0 saturated carbocycles. The van der Waals surface area contributed by atoms with Gasteiger partial charge < -0.3 is 15.0 Å². The maximum atomic E-state index is 13.5. The summed E-state index contributed by atoms with van der Waals surface area (Å²) in [6.07, 6.45) is -2.80. The van der Waals surface area contributed by atoms with Crippen LogP contribution in [0.1, 0.15) is 27.7 Å². The van der Waals surface area contributed by atoms with Gasteiger partial charge in [-0.15, -0.1) is 13.2 Å². The minimum absolute atomic E-state index is 0.180. The van der Waals surface area contributed by atoms with Crippen LogP contribution >= 0.6 is 22.6 Å². The Kier molecular flexibility index (Phi) is 6.54. The molecule has 4 rings (SSSR count). The van der Waals surface area contributed by atoms with Crippen LogP contribution in [-0.4, -0.2) is 34.6 Å². The number of anilines is 1. The zero-order valence-corrected chi connectivity index (χ0v) is 19.1. The third kappa shape index (κ3) is 5.44. The molecule has 1 aliphatic rings. The van der Waals surface area contributed by atoms with Crippen molar-refractivity contribution in [3.8, 4) is 5.75 Å². The second-order valence-electron chi connectivity index (χ2n) is 7.27. The van der Waals surface area contributed by atoms with Gasteiger partial charge in [0.15, 0.2) is 0 Å². The fourth-order valence-electron chi connectivity index (χ4n) is 3.61. The number of hydrogen-bond acceptors (Lipinski definition) is 4. The summed E-state index contributed by atoms with van der Waals surface area (Å²) in [5.41, 5.74) is 1.83. The number of amides is 2. The molecule has 1 unspecified atom stereocenters. The normalized spacial score (nSPS) is 16.1. The number of carbonyl (C=O) groups is 2. The van der Waals surface area contributed by atoms with E-state index in [1.165, 1.54) is 17.0 Å². The van der Waals surface area contributed by atoms with Crippen molar-refractivity contribution < 1.29 is 27.5 Å². The van der Waals surface area contributed by atoms with Crippen molar-refractivity contribution in [1.29, 1.82) is 0 Å². The lowest BCUT2D eigenvalue weighted by molar-refractivity contribution is -0.274. The first-order valence-electron chi connectivity index (χ1n) is 9.88. The zero-order valence-electron chi connectivity index (χ0n) is 17.0. The minimum Gasteiger partial charge on any atom is -0.406 e. The summed E-state index contributed by atoms with van der Waals surface area (Å²) < 4.78 is 42.3. The average molecular weight is 567 g/mol. The van der Waals surface area contributed by atoms with Crippen LogP contribution < -0.4 is 10.1 Å². The Morgan fingerprint density at radius 3 is 2.48 bits per heavy atom. The molecule has 2 heterocycles. The summed E-state index contributed by atoms with van der Waals surface area (Å²) in [7, 11) is 0. The van der Waals surface area contributed by atoms with Crippen molar-refractivity contribution in [2.45, 2.75) is 18.8 Å². The van der Waals surface area contributed by atoms with Crippen molar-refractivity contribution >= 4 is 40.1 Å². The number of carbonyl (C=O) groups excluding carboxylic acids is 2. The van der Waals surface area contributed by atoms with E-state index in [2.05, 4.69) is 37.6 Å². The largest absolute Gasteiger partial charge is 0.573 e. The third-order valence-corrected chi connectivity index (χ3v) is 5.73. The van der Waals surface area contributed by atoms with E-state index >= 15 is 0 Å². The summed E-state index contributed by atoms with van der Waals surface area (Å²) in [5.74, 6) is -1.24. The third-order valence-electron chi connectivity index (χ3n) is 5.06. The molecular formula is C23H17F3IN3O3. The molecule has 0 spiro atoms. The Balaban J connectivity index is 1.70. The van der Waals surface area contributed by atoms with Gasteiger partial charge in [0, 0.05) is 28.4 Å². The molecule has 170 valence electrons. The van der Waals surface area contributed by atoms with E-state index in [9.17, 15) is 22.8 Å². The van der Waals surface area contributed by atoms with Crippen LogP contribution in [0.5, 0.6) is 5.75 Å². The number of nitrogens with one attached hydrogen (secondary N) is 1. The molecule has 2 amide bonds. The summed E-state index contributed by atoms with van der Waals surface area (Å²) in [5, 5.41) is 2.78. The van der Waals surface area contributed by atoms with Crippen LogP contribution in [0.3, 0.4) is 0 Å².